The number of rotatable bonds is 5. The quantitative estimate of drug-likeness (QED) is 0.680. The number of halogens is 1. The van der Waals surface area contributed by atoms with Gasteiger partial charge in [0.25, 0.3) is 5.91 Å². The van der Waals surface area contributed by atoms with E-state index in [1.807, 2.05) is 68.4 Å². The van der Waals surface area contributed by atoms with Crippen LogP contribution in [0.25, 0.3) is 0 Å². The van der Waals surface area contributed by atoms with Gasteiger partial charge in [-0.05, 0) is 55.0 Å². The molecule has 0 aliphatic carbocycles. The lowest BCUT2D eigenvalue weighted by molar-refractivity contribution is 0.102. The van der Waals surface area contributed by atoms with Crippen molar-refractivity contribution in [2.24, 2.45) is 0 Å². The van der Waals surface area contributed by atoms with Gasteiger partial charge >= 0.3 is 0 Å². The van der Waals surface area contributed by atoms with Crippen LogP contribution in [-0.4, -0.2) is 30.0 Å². The highest BCUT2D eigenvalue weighted by Gasteiger charge is 2.11. The van der Waals surface area contributed by atoms with E-state index in [1.165, 1.54) is 0 Å². The molecule has 6 nitrogen and oxygen atoms in total. The molecule has 27 heavy (non-hydrogen) atoms. The molecule has 0 radical (unpaired) electrons. The van der Waals surface area contributed by atoms with Gasteiger partial charge in [-0.3, -0.25) is 4.79 Å². The number of carbonyl (C=O) groups is 1. The molecule has 1 aromatic heterocycles. The Balaban J connectivity index is 1.74. The van der Waals surface area contributed by atoms with E-state index in [2.05, 4.69) is 20.6 Å². The van der Waals surface area contributed by atoms with E-state index >= 15 is 0 Å². The fourth-order valence-corrected chi connectivity index (χ4v) is 2.62. The highest BCUT2D eigenvalue weighted by molar-refractivity contribution is 6.31. The van der Waals surface area contributed by atoms with Gasteiger partial charge in [0.05, 0.1) is 0 Å². The van der Waals surface area contributed by atoms with Crippen LogP contribution >= 0.6 is 11.6 Å². The molecule has 3 aromatic rings. The third-order valence-electron chi connectivity index (χ3n) is 4.04. The Hall–Kier alpha value is -3.12. The van der Waals surface area contributed by atoms with Crippen LogP contribution < -0.4 is 15.5 Å². The number of amides is 1. The zero-order valence-electron chi connectivity index (χ0n) is 15.3. The molecule has 2 aromatic carbocycles. The lowest BCUT2D eigenvalue weighted by atomic mass is 10.2. The standard InChI is InChI=1S/C20H20ClN5O/c1-13-16(21)5-4-6-17(13)24-20-22-12-11-18(25-20)19(27)23-14-7-9-15(10-8-14)26(2)3/h4-12H,1-3H3,(H,23,27)(H,22,24,25). The third kappa shape index (κ3) is 4.54. The first-order chi connectivity index (χ1) is 12.9. The summed E-state index contributed by atoms with van der Waals surface area (Å²) >= 11 is 6.13. The van der Waals surface area contributed by atoms with E-state index in [4.69, 9.17) is 11.6 Å². The molecule has 0 aliphatic rings. The molecule has 138 valence electrons. The van der Waals surface area contributed by atoms with E-state index in [0.717, 1.165) is 16.9 Å². The van der Waals surface area contributed by atoms with Crippen LogP contribution in [0, 0.1) is 6.92 Å². The SMILES string of the molecule is Cc1c(Cl)cccc1Nc1nccc(C(=O)Nc2ccc(N(C)C)cc2)n1. The monoisotopic (exact) mass is 381 g/mol. The predicted octanol–water partition coefficient (Wildman–Crippen LogP) is 4.50. The van der Waals surface area contributed by atoms with E-state index in [-0.39, 0.29) is 11.6 Å². The molecule has 0 aliphatic heterocycles. The number of aromatic nitrogens is 2. The number of nitrogens with one attached hydrogen (secondary N) is 2. The Labute approximate surface area is 163 Å². The van der Waals surface area contributed by atoms with Crippen molar-refractivity contribution in [1.29, 1.82) is 0 Å². The molecule has 0 spiro atoms. The molecular weight excluding hydrogens is 362 g/mol. The van der Waals surface area contributed by atoms with Gasteiger partial charge in [0.15, 0.2) is 0 Å². The Bertz CT molecular complexity index is 957. The second-order valence-electron chi connectivity index (χ2n) is 6.20. The van der Waals surface area contributed by atoms with Crippen LogP contribution in [0.2, 0.25) is 5.02 Å². The number of carbonyl (C=O) groups excluding carboxylic acids is 1. The maximum absolute atomic E-state index is 12.5. The van der Waals surface area contributed by atoms with Crippen LogP contribution in [0.1, 0.15) is 16.1 Å². The second-order valence-corrected chi connectivity index (χ2v) is 6.61. The number of hydrogen-bond acceptors (Lipinski definition) is 5. The Morgan fingerprint density at radius 2 is 1.81 bits per heavy atom. The Morgan fingerprint density at radius 3 is 2.52 bits per heavy atom. The zero-order chi connectivity index (χ0) is 19.4. The fourth-order valence-electron chi connectivity index (χ4n) is 2.45. The molecule has 1 amide bonds. The van der Waals surface area contributed by atoms with Crippen molar-refractivity contribution in [3.63, 3.8) is 0 Å². The molecule has 1 heterocycles. The average Bonchev–Trinajstić information content (AvgIpc) is 2.66. The van der Waals surface area contributed by atoms with E-state index in [9.17, 15) is 4.79 Å². The number of anilines is 4. The fraction of sp³-hybridized carbons (Fsp3) is 0.150. The van der Waals surface area contributed by atoms with Crippen molar-refractivity contribution in [2.45, 2.75) is 6.92 Å². The molecule has 0 saturated carbocycles. The van der Waals surface area contributed by atoms with Gasteiger partial charge in [0.1, 0.15) is 5.69 Å². The summed E-state index contributed by atoms with van der Waals surface area (Å²) in [5.41, 5.74) is 3.70. The second kappa shape index (κ2) is 8.05. The minimum Gasteiger partial charge on any atom is -0.378 e. The Morgan fingerprint density at radius 1 is 1.07 bits per heavy atom. The summed E-state index contributed by atoms with van der Waals surface area (Å²) in [7, 11) is 3.93. The first-order valence-electron chi connectivity index (χ1n) is 8.38. The number of nitrogens with zero attached hydrogens (tertiary/aromatic N) is 3. The van der Waals surface area contributed by atoms with E-state index < -0.39 is 0 Å². The van der Waals surface area contributed by atoms with Crippen molar-refractivity contribution in [3.8, 4) is 0 Å². The summed E-state index contributed by atoms with van der Waals surface area (Å²) in [5.74, 6) is 0.0249. The summed E-state index contributed by atoms with van der Waals surface area (Å²) < 4.78 is 0. The molecule has 0 bridgehead atoms. The maximum atomic E-state index is 12.5. The summed E-state index contributed by atoms with van der Waals surface area (Å²) in [5, 5.41) is 6.59. The molecule has 3 rings (SSSR count). The average molecular weight is 382 g/mol. The van der Waals surface area contributed by atoms with Crippen LogP contribution in [0.5, 0.6) is 0 Å². The predicted molar refractivity (Wildman–Crippen MR) is 110 cm³/mol. The van der Waals surface area contributed by atoms with Crippen molar-refractivity contribution in [3.05, 3.63) is 71.0 Å². The maximum Gasteiger partial charge on any atom is 0.274 e. The van der Waals surface area contributed by atoms with Gasteiger partial charge in [0, 0.05) is 42.4 Å². The highest BCUT2D eigenvalue weighted by Crippen LogP contribution is 2.25. The van der Waals surface area contributed by atoms with Gasteiger partial charge in [-0.25, -0.2) is 9.97 Å². The lowest BCUT2D eigenvalue weighted by Gasteiger charge is -2.13. The summed E-state index contributed by atoms with van der Waals surface area (Å²) in [4.78, 5) is 23.0. The molecule has 0 atom stereocenters. The van der Waals surface area contributed by atoms with Crippen molar-refractivity contribution in [2.75, 3.05) is 29.6 Å². The van der Waals surface area contributed by atoms with Gasteiger partial charge < -0.3 is 15.5 Å². The molecule has 0 fully saturated rings. The smallest absolute Gasteiger partial charge is 0.274 e. The minimum atomic E-state index is -0.305. The van der Waals surface area contributed by atoms with Gasteiger partial charge in [0.2, 0.25) is 5.95 Å². The van der Waals surface area contributed by atoms with E-state index in [1.54, 1.807) is 12.3 Å². The van der Waals surface area contributed by atoms with Crippen molar-refractivity contribution >= 4 is 40.5 Å². The highest BCUT2D eigenvalue weighted by atomic mass is 35.5. The lowest BCUT2D eigenvalue weighted by Crippen LogP contribution is -2.15. The third-order valence-corrected chi connectivity index (χ3v) is 4.45. The molecular formula is C20H20ClN5O. The Kier molecular flexibility index (Phi) is 5.57. The first kappa shape index (κ1) is 18.7. The normalized spacial score (nSPS) is 10.4. The molecule has 2 N–H and O–H groups in total. The number of hydrogen-bond donors (Lipinski definition) is 2. The largest absolute Gasteiger partial charge is 0.378 e. The van der Waals surface area contributed by atoms with Gasteiger partial charge in [-0.1, -0.05) is 17.7 Å². The van der Waals surface area contributed by atoms with Crippen LogP contribution in [-0.2, 0) is 0 Å². The topological polar surface area (TPSA) is 70.2 Å². The van der Waals surface area contributed by atoms with Crippen LogP contribution in [0.3, 0.4) is 0 Å². The number of benzene rings is 2. The van der Waals surface area contributed by atoms with Crippen molar-refractivity contribution in [1.82, 2.24) is 9.97 Å². The molecule has 0 saturated heterocycles. The van der Waals surface area contributed by atoms with Gasteiger partial charge in [-0.2, -0.15) is 0 Å². The van der Waals surface area contributed by atoms with E-state index in [0.29, 0.717) is 16.7 Å². The van der Waals surface area contributed by atoms with Crippen LogP contribution in [0.15, 0.2) is 54.7 Å². The summed E-state index contributed by atoms with van der Waals surface area (Å²) in [6.07, 6.45) is 1.54. The van der Waals surface area contributed by atoms with Crippen LogP contribution in [0.4, 0.5) is 23.0 Å². The zero-order valence-corrected chi connectivity index (χ0v) is 16.1. The van der Waals surface area contributed by atoms with Crippen molar-refractivity contribution < 1.29 is 4.79 Å². The molecule has 7 heteroatoms. The van der Waals surface area contributed by atoms with Gasteiger partial charge in [-0.15, -0.1) is 0 Å². The summed E-state index contributed by atoms with van der Waals surface area (Å²) in [6, 6.07) is 14.7. The molecule has 0 unspecified atom stereocenters. The minimum absolute atomic E-state index is 0.267. The first-order valence-corrected chi connectivity index (χ1v) is 8.76. The summed E-state index contributed by atoms with van der Waals surface area (Å²) in [6.45, 7) is 1.90.